The minimum atomic E-state index is -0.721. The molecule has 0 spiro atoms. The van der Waals surface area contributed by atoms with E-state index in [1.165, 1.54) is 16.2 Å². The van der Waals surface area contributed by atoms with Crippen molar-refractivity contribution in [3.63, 3.8) is 0 Å². The van der Waals surface area contributed by atoms with Crippen LogP contribution in [-0.2, 0) is 13.0 Å². The van der Waals surface area contributed by atoms with E-state index in [1.807, 2.05) is 67.6 Å². The van der Waals surface area contributed by atoms with Crippen molar-refractivity contribution >= 4 is 33.3 Å². The highest BCUT2D eigenvalue weighted by molar-refractivity contribution is 7.15. The number of rotatable bonds is 7. The highest BCUT2D eigenvalue weighted by Crippen LogP contribution is 2.43. The first-order chi connectivity index (χ1) is 18.5. The van der Waals surface area contributed by atoms with Gasteiger partial charge in [0, 0.05) is 6.42 Å². The average molecular weight is 524 g/mol. The predicted molar refractivity (Wildman–Crippen MR) is 147 cm³/mol. The number of benzene rings is 3. The van der Waals surface area contributed by atoms with E-state index >= 15 is 0 Å². The monoisotopic (exact) mass is 523 g/mol. The van der Waals surface area contributed by atoms with E-state index in [1.54, 1.807) is 12.1 Å². The van der Waals surface area contributed by atoms with Crippen LogP contribution in [0, 0.1) is 6.92 Å². The fourth-order valence-electron chi connectivity index (χ4n) is 4.77. The highest BCUT2D eigenvalue weighted by Gasteiger charge is 2.45. The Morgan fingerprint density at radius 3 is 2.66 bits per heavy atom. The summed E-state index contributed by atoms with van der Waals surface area (Å²) in [5.41, 5.74) is 3.18. The third kappa shape index (κ3) is 4.26. The Morgan fingerprint density at radius 1 is 1.00 bits per heavy atom. The van der Waals surface area contributed by atoms with E-state index in [2.05, 4.69) is 17.1 Å². The van der Waals surface area contributed by atoms with Gasteiger partial charge in [-0.25, -0.2) is 0 Å². The molecule has 1 unspecified atom stereocenters. The maximum absolute atomic E-state index is 13.9. The number of fused-ring (bicyclic) bond motifs is 2. The van der Waals surface area contributed by atoms with Gasteiger partial charge in [0.2, 0.25) is 10.9 Å². The van der Waals surface area contributed by atoms with Gasteiger partial charge in [0.15, 0.2) is 5.43 Å². The Labute approximate surface area is 223 Å². The van der Waals surface area contributed by atoms with Crippen molar-refractivity contribution in [3.05, 3.63) is 116 Å². The fraction of sp³-hybridized carbons (Fsp3) is 0.200. The number of hydrogen-bond acceptors (Lipinski definition) is 7. The van der Waals surface area contributed by atoms with Gasteiger partial charge in [-0.15, -0.1) is 10.2 Å². The van der Waals surface area contributed by atoms with Crippen molar-refractivity contribution in [2.45, 2.75) is 39.3 Å². The summed E-state index contributed by atoms with van der Waals surface area (Å²) < 4.78 is 12.1. The minimum Gasteiger partial charge on any atom is -0.489 e. The molecule has 0 radical (unpaired) electrons. The van der Waals surface area contributed by atoms with Crippen molar-refractivity contribution in [1.82, 2.24) is 10.2 Å². The molecule has 0 aliphatic carbocycles. The molecule has 7 nitrogen and oxygen atoms in total. The van der Waals surface area contributed by atoms with Crippen LogP contribution in [0.25, 0.3) is 11.0 Å². The third-order valence-corrected chi connectivity index (χ3v) is 7.56. The second kappa shape index (κ2) is 9.87. The maximum Gasteiger partial charge on any atom is 0.297 e. The molecule has 1 atom stereocenters. The first kappa shape index (κ1) is 24.1. The molecule has 0 bridgehead atoms. The lowest BCUT2D eigenvalue weighted by atomic mass is 9.98. The summed E-state index contributed by atoms with van der Waals surface area (Å²) in [5, 5.41) is 10.3. The van der Waals surface area contributed by atoms with Gasteiger partial charge in [-0.05, 0) is 48.7 Å². The van der Waals surface area contributed by atoms with E-state index in [-0.39, 0.29) is 11.2 Å². The van der Waals surface area contributed by atoms with Crippen LogP contribution in [0.4, 0.5) is 5.13 Å². The van der Waals surface area contributed by atoms with Crippen LogP contribution >= 0.6 is 11.3 Å². The van der Waals surface area contributed by atoms with Crippen molar-refractivity contribution < 1.29 is 13.9 Å². The molecule has 0 N–H and O–H groups in total. The second-order valence-electron chi connectivity index (χ2n) is 9.33. The second-order valence-corrected chi connectivity index (χ2v) is 10.4. The molecule has 3 heterocycles. The third-order valence-electron chi connectivity index (χ3n) is 6.57. The Balaban J connectivity index is 1.48. The molecule has 3 aromatic carbocycles. The SMILES string of the molecule is CCCc1nnc(N2C(=O)c3oc4ccc(C)cc4c(=O)c3C2c2cccc(OCc3ccccc3)c2)s1. The van der Waals surface area contributed by atoms with Gasteiger partial charge in [0.25, 0.3) is 5.91 Å². The summed E-state index contributed by atoms with van der Waals surface area (Å²) in [6, 6.07) is 22.1. The molecule has 1 aliphatic heterocycles. The summed E-state index contributed by atoms with van der Waals surface area (Å²) in [6.07, 6.45) is 1.68. The number of nitrogens with zero attached hydrogens (tertiary/aromatic N) is 3. The Hall–Kier alpha value is -4.30. The molecule has 8 heteroatoms. The van der Waals surface area contributed by atoms with Crippen LogP contribution in [0.5, 0.6) is 5.75 Å². The van der Waals surface area contributed by atoms with Gasteiger partial charge in [-0.3, -0.25) is 14.5 Å². The molecular formula is C30H25N3O4S. The van der Waals surface area contributed by atoms with E-state index in [9.17, 15) is 9.59 Å². The Bertz CT molecular complexity index is 1710. The van der Waals surface area contributed by atoms with Crippen molar-refractivity contribution in [2.75, 3.05) is 4.90 Å². The van der Waals surface area contributed by atoms with E-state index in [0.717, 1.165) is 34.5 Å². The number of aromatic nitrogens is 2. The highest BCUT2D eigenvalue weighted by atomic mass is 32.1. The van der Waals surface area contributed by atoms with Crippen LogP contribution in [0.2, 0.25) is 0 Å². The molecule has 6 rings (SSSR count). The normalized spacial score (nSPS) is 14.7. The number of ether oxygens (including phenoxy) is 1. The molecular weight excluding hydrogens is 498 g/mol. The zero-order valence-corrected chi connectivity index (χ0v) is 21.8. The molecule has 38 heavy (non-hydrogen) atoms. The van der Waals surface area contributed by atoms with Crippen molar-refractivity contribution in [2.24, 2.45) is 0 Å². The first-order valence-corrected chi connectivity index (χ1v) is 13.3. The molecule has 0 saturated carbocycles. The van der Waals surface area contributed by atoms with Crippen molar-refractivity contribution in [1.29, 1.82) is 0 Å². The number of carbonyl (C=O) groups is 1. The van der Waals surface area contributed by atoms with Gasteiger partial charge in [-0.2, -0.15) is 0 Å². The van der Waals surface area contributed by atoms with Crippen molar-refractivity contribution in [3.8, 4) is 5.75 Å². The number of aryl methyl sites for hydroxylation is 2. The smallest absolute Gasteiger partial charge is 0.297 e. The van der Waals surface area contributed by atoms with E-state index in [4.69, 9.17) is 9.15 Å². The maximum atomic E-state index is 13.9. The zero-order valence-electron chi connectivity index (χ0n) is 21.0. The van der Waals surface area contributed by atoms with Crippen LogP contribution < -0.4 is 15.1 Å². The van der Waals surface area contributed by atoms with Gasteiger partial charge in [0.1, 0.15) is 22.9 Å². The van der Waals surface area contributed by atoms with E-state index < -0.39 is 11.9 Å². The summed E-state index contributed by atoms with van der Waals surface area (Å²) in [4.78, 5) is 29.2. The molecule has 1 aliphatic rings. The number of anilines is 1. The molecule has 5 aromatic rings. The number of amides is 1. The quantitative estimate of drug-likeness (QED) is 0.251. The molecule has 190 valence electrons. The van der Waals surface area contributed by atoms with Gasteiger partial charge in [0.05, 0.1) is 17.0 Å². The van der Waals surface area contributed by atoms with Gasteiger partial charge >= 0.3 is 0 Å². The number of hydrogen-bond donors (Lipinski definition) is 0. The first-order valence-electron chi connectivity index (χ1n) is 12.5. The summed E-state index contributed by atoms with van der Waals surface area (Å²) in [5.74, 6) is 0.274. The Morgan fingerprint density at radius 2 is 1.84 bits per heavy atom. The summed E-state index contributed by atoms with van der Waals surface area (Å²) in [6.45, 7) is 4.39. The van der Waals surface area contributed by atoms with E-state index in [0.29, 0.717) is 34.0 Å². The molecule has 1 amide bonds. The van der Waals surface area contributed by atoms with Crippen LogP contribution in [0.1, 0.15) is 57.2 Å². The lowest BCUT2D eigenvalue weighted by molar-refractivity contribution is 0.0970. The molecule has 0 fully saturated rings. The fourth-order valence-corrected chi connectivity index (χ4v) is 5.74. The summed E-state index contributed by atoms with van der Waals surface area (Å²) in [7, 11) is 0. The Kier molecular flexibility index (Phi) is 6.25. The standard InChI is InChI=1S/C30H25N3O4S/c1-3-8-24-31-32-30(38-24)33-26(20-11-7-12-21(16-20)36-17-19-9-5-4-6-10-19)25-27(34)22-15-18(2)13-14-23(22)37-28(25)29(33)35/h4-7,9-16,26H,3,8,17H2,1-2H3. The lowest BCUT2D eigenvalue weighted by Gasteiger charge is -2.22. The largest absolute Gasteiger partial charge is 0.489 e. The minimum absolute atomic E-state index is 0.0409. The summed E-state index contributed by atoms with van der Waals surface area (Å²) >= 11 is 1.36. The molecule has 0 saturated heterocycles. The van der Waals surface area contributed by atoms with Gasteiger partial charge in [-0.1, -0.05) is 72.4 Å². The zero-order chi connectivity index (χ0) is 26.2. The topological polar surface area (TPSA) is 85.5 Å². The lowest BCUT2D eigenvalue weighted by Crippen LogP contribution is -2.29. The predicted octanol–water partition coefficient (Wildman–Crippen LogP) is 6.23. The van der Waals surface area contributed by atoms with Crippen LogP contribution in [0.3, 0.4) is 0 Å². The van der Waals surface area contributed by atoms with Crippen LogP contribution in [-0.4, -0.2) is 16.1 Å². The molecule has 2 aromatic heterocycles. The number of carbonyl (C=O) groups excluding carboxylic acids is 1. The van der Waals surface area contributed by atoms with Gasteiger partial charge < -0.3 is 9.15 Å². The average Bonchev–Trinajstić information content (AvgIpc) is 3.51. The van der Waals surface area contributed by atoms with Crippen LogP contribution in [0.15, 0.2) is 82.0 Å².